The van der Waals surface area contributed by atoms with Crippen molar-refractivity contribution in [1.29, 1.82) is 0 Å². The van der Waals surface area contributed by atoms with Gasteiger partial charge in [0.15, 0.2) is 9.04 Å². The Hall–Kier alpha value is 0.704. The van der Waals surface area contributed by atoms with Crippen LogP contribution in [0.1, 0.15) is 6.42 Å². The van der Waals surface area contributed by atoms with Crippen molar-refractivity contribution in [2.45, 2.75) is 32.1 Å². The molecule has 5 heteroatoms. The molecule has 0 aromatic rings. The molecule has 2 N–H and O–H groups in total. The molecule has 0 rings (SSSR count). The smallest absolute Gasteiger partial charge is 0.203 e. The summed E-state index contributed by atoms with van der Waals surface area (Å²) in [6.45, 7) is 5.55. The first kappa shape index (κ1) is 14.2. The van der Waals surface area contributed by atoms with Crippen LogP contribution in [0.2, 0.25) is 25.7 Å². The molecule has 0 saturated heterocycles. The van der Waals surface area contributed by atoms with Gasteiger partial charge < -0.3 is 9.59 Å². The Morgan fingerprint density at radius 2 is 1.55 bits per heavy atom. The molecule has 0 aromatic heterocycles. The number of thiol groups is 1. The zero-order valence-electron chi connectivity index (χ0n) is 7.46. The summed E-state index contributed by atoms with van der Waals surface area (Å²) < 4.78 is 0. The van der Waals surface area contributed by atoms with Crippen LogP contribution in [0, 0.1) is 0 Å². The molecular formula is C6H18O2SSi2. The van der Waals surface area contributed by atoms with Crippen molar-refractivity contribution in [3.63, 3.8) is 0 Å². The standard InChI is InChI=1S/C4H11OSSi.C2H7OSi/c1-7(5)4-2-3-6;1-4(2)3/h5-6H,2-4H2,1H3;3H,1-2H3. The summed E-state index contributed by atoms with van der Waals surface area (Å²) >= 11 is 4.00. The molecule has 0 aromatic carbocycles. The minimum atomic E-state index is -0.946. The quantitative estimate of drug-likeness (QED) is 0.483. The minimum Gasteiger partial charge on any atom is -0.432 e. The third-order valence-corrected chi connectivity index (χ3v) is 2.09. The third-order valence-electron chi connectivity index (χ3n) is 0.697. The molecule has 0 spiro atoms. The molecule has 0 unspecified atom stereocenters. The Balaban J connectivity index is 0. The van der Waals surface area contributed by atoms with Crippen LogP contribution in [0.3, 0.4) is 0 Å². The van der Waals surface area contributed by atoms with Gasteiger partial charge in [-0.15, -0.1) is 0 Å². The SMILES string of the molecule is C[Si](C)O.C[Si](O)CCCS. The average molecular weight is 210 g/mol. The van der Waals surface area contributed by atoms with Crippen LogP contribution < -0.4 is 0 Å². The van der Waals surface area contributed by atoms with Gasteiger partial charge in [0.1, 0.15) is 0 Å². The normalized spacial score (nSPS) is 9.82. The molecule has 0 aliphatic heterocycles. The topological polar surface area (TPSA) is 40.5 Å². The highest BCUT2D eigenvalue weighted by Crippen LogP contribution is 1.94. The first-order valence-corrected chi connectivity index (χ1v) is 8.85. The molecule has 0 heterocycles. The lowest BCUT2D eigenvalue weighted by molar-refractivity contribution is 0.575. The van der Waals surface area contributed by atoms with E-state index in [4.69, 9.17) is 9.59 Å². The molecule has 0 aliphatic carbocycles. The number of hydrogen-bond donors (Lipinski definition) is 3. The second-order valence-corrected chi connectivity index (χ2v) is 6.82. The van der Waals surface area contributed by atoms with E-state index in [1.165, 1.54) is 0 Å². The van der Waals surface area contributed by atoms with Crippen molar-refractivity contribution in [1.82, 2.24) is 0 Å². The van der Waals surface area contributed by atoms with Crippen LogP contribution >= 0.6 is 12.6 Å². The van der Waals surface area contributed by atoms with Gasteiger partial charge in [-0.25, -0.2) is 0 Å². The molecule has 2 radical (unpaired) electrons. The summed E-state index contributed by atoms with van der Waals surface area (Å²) in [6.07, 6.45) is 1.06. The van der Waals surface area contributed by atoms with Crippen molar-refractivity contribution in [2.75, 3.05) is 5.75 Å². The highest BCUT2D eigenvalue weighted by molar-refractivity contribution is 7.80. The van der Waals surface area contributed by atoms with E-state index in [2.05, 4.69) is 12.6 Å². The summed E-state index contributed by atoms with van der Waals surface area (Å²) in [5, 5.41) is 0. The monoisotopic (exact) mass is 210 g/mol. The highest BCUT2D eigenvalue weighted by atomic mass is 32.1. The minimum absolute atomic E-state index is 0.880. The van der Waals surface area contributed by atoms with E-state index in [1.54, 1.807) is 0 Å². The Kier molecular flexibility index (Phi) is 13.9. The van der Waals surface area contributed by atoms with E-state index in [0.717, 1.165) is 18.2 Å². The maximum atomic E-state index is 8.75. The summed E-state index contributed by atoms with van der Waals surface area (Å²) in [5.74, 6) is 0.905. The van der Waals surface area contributed by atoms with Gasteiger partial charge in [-0.1, -0.05) is 0 Å². The summed E-state index contributed by atoms with van der Waals surface area (Å²) in [6, 6.07) is 0.980. The molecule has 0 fully saturated rings. The molecule has 68 valence electrons. The summed E-state index contributed by atoms with van der Waals surface area (Å²) in [4.78, 5) is 16.9. The van der Waals surface area contributed by atoms with Crippen LogP contribution in [0.5, 0.6) is 0 Å². The molecular weight excluding hydrogens is 192 g/mol. The maximum Gasteiger partial charge on any atom is 0.203 e. The van der Waals surface area contributed by atoms with Gasteiger partial charge in [0.05, 0.1) is 0 Å². The van der Waals surface area contributed by atoms with Crippen molar-refractivity contribution >= 4 is 30.7 Å². The number of rotatable bonds is 3. The van der Waals surface area contributed by atoms with Crippen LogP contribution in [-0.4, -0.2) is 33.4 Å². The van der Waals surface area contributed by atoms with Gasteiger partial charge in [0.25, 0.3) is 0 Å². The fourth-order valence-electron chi connectivity index (χ4n) is 0.335. The molecule has 0 bridgehead atoms. The van der Waals surface area contributed by atoms with Crippen LogP contribution in [0.4, 0.5) is 0 Å². The largest absolute Gasteiger partial charge is 0.432 e. The van der Waals surface area contributed by atoms with E-state index in [-0.39, 0.29) is 0 Å². The highest BCUT2D eigenvalue weighted by Gasteiger charge is 1.95. The second kappa shape index (κ2) is 10.7. The summed E-state index contributed by atoms with van der Waals surface area (Å²) in [5.41, 5.74) is 0. The van der Waals surface area contributed by atoms with E-state index < -0.39 is 18.1 Å². The predicted molar refractivity (Wildman–Crippen MR) is 56.8 cm³/mol. The van der Waals surface area contributed by atoms with Gasteiger partial charge in [0, 0.05) is 0 Å². The Bertz CT molecular complexity index is 68.8. The molecule has 0 atom stereocenters. The molecule has 0 amide bonds. The van der Waals surface area contributed by atoms with Crippen molar-refractivity contribution < 1.29 is 9.59 Å². The number of hydrogen-bond acceptors (Lipinski definition) is 3. The van der Waals surface area contributed by atoms with Gasteiger partial charge >= 0.3 is 0 Å². The van der Waals surface area contributed by atoms with Crippen molar-refractivity contribution in [3.05, 3.63) is 0 Å². The van der Waals surface area contributed by atoms with Gasteiger partial charge in [-0.2, -0.15) is 12.6 Å². The molecule has 0 aliphatic rings. The lowest BCUT2D eigenvalue weighted by atomic mass is 10.6. The molecule has 0 saturated carbocycles. The average Bonchev–Trinajstić information content (AvgIpc) is 1.82. The van der Waals surface area contributed by atoms with E-state index >= 15 is 0 Å². The molecule has 11 heavy (non-hydrogen) atoms. The van der Waals surface area contributed by atoms with Crippen molar-refractivity contribution in [2.24, 2.45) is 0 Å². The van der Waals surface area contributed by atoms with E-state index in [9.17, 15) is 0 Å². The lowest BCUT2D eigenvalue weighted by Crippen LogP contribution is -2.03. The molecule has 2 nitrogen and oxygen atoms in total. The van der Waals surface area contributed by atoms with Crippen LogP contribution in [0.25, 0.3) is 0 Å². The lowest BCUT2D eigenvalue weighted by Gasteiger charge is -1.94. The van der Waals surface area contributed by atoms with Crippen molar-refractivity contribution in [3.8, 4) is 0 Å². The predicted octanol–water partition coefficient (Wildman–Crippen LogP) is 1.15. The second-order valence-electron chi connectivity index (χ2n) is 2.51. The first-order valence-electron chi connectivity index (χ1n) is 3.62. The van der Waals surface area contributed by atoms with Crippen LogP contribution in [0.15, 0.2) is 0 Å². The summed E-state index contributed by atoms with van der Waals surface area (Å²) in [7, 11) is -1.83. The van der Waals surface area contributed by atoms with Crippen LogP contribution in [-0.2, 0) is 0 Å². The Morgan fingerprint density at radius 1 is 1.18 bits per heavy atom. The van der Waals surface area contributed by atoms with Gasteiger partial charge in [-0.05, 0) is 37.9 Å². The Morgan fingerprint density at radius 3 is 1.64 bits per heavy atom. The van der Waals surface area contributed by atoms with E-state index in [1.807, 2.05) is 19.6 Å². The fourth-order valence-corrected chi connectivity index (χ4v) is 1.48. The van der Waals surface area contributed by atoms with Gasteiger partial charge in [0.2, 0.25) is 9.04 Å². The van der Waals surface area contributed by atoms with E-state index in [0.29, 0.717) is 0 Å². The van der Waals surface area contributed by atoms with Gasteiger partial charge in [-0.3, -0.25) is 0 Å². The third kappa shape index (κ3) is 36.6. The zero-order chi connectivity index (χ0) is 9.28. The Labute approximate surface area is 78.5 Å². The maximum absolute atomic E-state index is 8.75. The fraction of sp³-hybridized carbons (Fsp3) is 1.00. The first-order chi connectivity index (χ1) is 5.00. The zero-order valence-corrected chi connectivity index (χ0v) is 10.4.